The normalized spacial score (nSPS) is 16.2. The molecule has 1 aromatic heterocycles. The van der Waals surface area contributed by atoms with Gasteiger partial charge in [0.05, 0.1) is 32.9 Å². The van der Waals surface area contributed by atoms with Crippen LogP contribution in [-0.4, -0.2) is 81.4 Å². The van der Waals surface area contributed by atoms with Gasteiger partial charge in [0, 0.05) is 51.7 Å². The summed E-state index contributed by atoms with van der Waals surface area (Å²) in [4.78, 5) is 17.8. The van der Waals surface area contributed by atoms with Crippen LogP contribution in [0.1, 0.15) is 22.1 Å². The van der Waals surface area contributed by atoms with Gasteiger partial charge in [0.15, 0.2) is 11.5 Å². The SMILES string of the molecule is COc1ccc(C(=O)NCC(c2cccn2C)N2CCN(C)CC2)c(OC)c1OC. The van der Waals surface area contributed by atoms with E-state index >= 15 is 0 Å². The molecule has 8 heteroatoms. The number of nitrogens with one attached hydrogen (secondary N) is 1. The van der Waals surface area contributed by atoms with Crippen LogP contribution in [-0.2, 0) is 7.05 Å². The first kappa shape index (κ1) is 22.0. The molecule has 0 spiro atoms. The number of hydrogen-bond donors (Lipinski definition) is 1. The molecule has 1 unspecified atom stereocenters. The van der Waals surface area contributed by atoms with E-state index in [4.69, 9.17) is 14.2 Å². The molecule has 0 bridgehead atoms. The predicted molar refractivity (Wildman–Crippen MR) is 116 cm³/mol. The van der Waals surface area contributed by atoms with E-state index in [0.717, 1.165) is 26.2 Å². The van der Waals surface area contributed by atoms with Gasteiger partial charge in [-0.25, -0.2) is 0 Å². The molecule has 1 saturated heterocycles. The van der Waals surface area contributed by atoms with Gasteiger partial charge >= 0.3 is 0 Å². The first-order valence-electron chi connectivity index (χ1n) is 10.1. The molecule has 1 fully saturated rings. The number of benzene rings is 1. The van der Waals surface area contributed by atoms with Crippen molar-refractivity contribution in [2.24, 2.45) is 7.05 Å². The fourth-order valence-electron chi connectivity index (χ4n) is 3.94. The molecule has 164 valence electrons. The Labute approximate surface area is 178 Å². The monoisotopic (exact) mass is 416 g/mol. The van der Waals surface area contributed by atoms with Crippen LogP contribution >= 0.6 is 0 Å². The summed E-state index contributed by atoms with van der Waals surface area (Å²) in [6.45, 7) is 4.44. The number of rotatable bonds is 8. The summed E-state index contributed by atoms with van der Waals surface area (Å²) in [6.07, 6.45) is 2.04. The van der Waals surface area contributed by atoms with Gasteiger partial charge in [-0.3, -0.25) is 9.69 Å². The molecule has 2 heterocycles. The van der Waals surface area contributed by atoms with Crippen LogP contribution in [0, 0.1) is 0 Å². The largest absolute Gasteiger partial charge is 0.493 e. The maximum absolute atomic E-state index is 13.1. The van der Waals surface area contributed by atoms with E-state index in [-0.39, 0.29) is 11.9 Å². The molecule has 0 radical (unpaired) electrons. The third-order valence-corrected chi connectivity index (χ3v) is 5.71. The second kappa shape index (κ2) is 9.86. The number of aryl methyl sites for hydroxylation is 1. The van der Waals surface area contributed by atoms with Gasteiger partial charge in [0.2, 0.25) is 5.75 Å². The summed E-state index contributed by atoms with van der Waals surface area (Å²) in [5, 5.41) is 3.10. The molecule has 0 saturated carbocycles. The Hall–Kier alpha value is -2.71. The van der Waals surface area contributed by atoms with E-state index in [1.165, 1.54) is 19.9 Å². The van der Waals surface area contributed by atoms with Crippen molar-refractivity contribution in [2.45, 2.75) is 6.04 Å². The van der Waals surface area contributed by atoms with E-state index in [1.54, 1.807) is 19.2 Å². The first-order chi connectivity index (χ1) is 14.5. The van der Waals surface area contributed by atoms with E-state index in [2.05, 4.69) is 32.8 Å². The molecular formula is C22H32N4O4. The lowest BCUT2D eigenvalue weighted by atomic mass is 10.1. The Bertz CT molecular complexity index is 859. The van der Waals surface area contributed by atoms with Gasteiger partial charge in [0.25, 0.3) is 5.91 Å². The zero-order valence-corrected chi connectivity index (χ0v) is 18.5. The van der Waals surface area contributed by atoms with Crippen molar-refractivity contribution in [3.8, 4) is 17.2 Å². The van der Waals surface area contributed by atoms with Crippen LogP contribution in [0.25, 0.3) is 0 Å². The Morgan fingerprint density at radius 3 is 2.27 bits per heavy atom. The number of carbonyl (C=O) groups excluding carboxylic acids is 1. The minimum Gasteiger partial charge on any atom is -0.493 e. The topological polar surface area (TPSA) is 68.2 Å². The standard InChI is InChI=1S/C22H32N4O4/c1-24-11-13-26(14-12-24)18(17-7-6-10-25(17)2)15-23-22(27)16-8-9-19(28-3)21(30-5)20(16)29-4/h6-10,18H,11-15H2,1-5H3,(H,23,27). The van der Waals surface area contributed by atoms with E-state index in [0.29, 0.717) is 29.4 Å². The maximum atomic E-state index is 13.1. The van der Waals surface area contributed by atoms with Gasteiger partial charge in [-0.1, -0.05) is 0 Å². The van der Waals surface area contributed by atoms with Crippen molar-refractivity contribution < 1.29 is 19.0 Å². The zero-order valence-electron chi connectivity index (χ0n) is 18.5. The van der Waals surface area contributed by atoms with Crippen LogP contribution in [0.3, 0.4) is 0 Å². The molecule has 1 aliphatic rings. The summed E-state index contributed by atoms with van der Waals surface area (Å²) in [7, 11) is 8.78. The smallest absolute Gasteiger partial charge is 0.255 e. The van der Waals surface area contributed by atoms with Crippen molar-refractivity contribution in [1.29, 1.82) is 0 Å². The van der Waals surface area contributed by atoms with Crippen molar-refractivity contribution in [3.63, 3.8) is 0 Å². The molecule has 8 nitrogen and oxygen atoms in total. The molecule has 1 aromatic carbocycles. The average molecular weight is 417 g/mol. The predicted octanol–water partition coefficient (Wildman–Crippen LogP) is 1.77. The van der Waals surface area contributed by atoms with E-state index in [9.17, 15) is 4.79 Å². The molecule has 2 aromatic rings. The zero-order chi connectivity index (χ0) is 21.7. The molecule has 0 aliphatic carbocycles. The highest BCUT2D eigenvalue weighted by Gasteiger charge is 2.27. The van der Waals surface area contributed by atoms with Crippen LogP contribution in [0.15, 0.2) is 30.5 Å². The third kappa shape index (κ3) is 4.55. The number of hydrogen-bond acceptors (Lipinski definition) is 6. The molecule has 1 amide bonds. The van der Waals surface area contributed by atoms with Crippen LogP contribution in [0.2, 0.25) is 0 Å². The summed E-state index contributed by atoms with van der Waals surface area (Å²) >= 11 is 0. The third-order valence-electron chi connectivity index (χ3n) is 5.71. The fraction of sp³-hybridized carbons (Fsp3) is 0.500. The van der Waals surface area contributed by atoms with Gasteiger partial charge in [-0.15, -0.1) is 0 Å². The maximum Gasteiger partial charge on any atom is 0.255 e. The minimum atomic E-state index is -0.207. The van der Waals surface area contributed by atoms with Crippen LogP contribution < -0.4 is 19.5 Å². The Balaban J connectivity index is 1.80. The highest BCUT2D eigenvalue weighted by molar-refractivity contribution is 5.98. The van der Waals surface area contributed by atoms with Crippen molar-refractivity contribution in [3.05, 3.63) is 41.7 Å². The number of ether oxygens (including phenoxy) is 3. The fourth-order valence-corrected chi connectivity index (χ4v) is 3.94. The van der Waals surface area contributed by atoms with Crippen molar-refractivity contribution in [1.82, 2.24) is 19.7 Å². The number of amides is 1. The molecular weight excluding hydrogens is 384 g/mol. The van der Waals surface area contributed by atoms with Gasteiger partial charge in [-0.2, -0.15) is 0 Å². The lowest BCUT2D eigenvalue weighted by Crippen LogP contribution is -2.48. The lowest BCUT2D eigenvalue weighted by Gasteiger charge is -2.38. The van der Waals surface area contributed by atoms with Gasteiger partial charge in [0.1, 0.15) is 0 Å². The van der Waals surface area contributed by atoms with Gasteiger partial charge in [-0.05, 0) is 31.3 Å². The molecule has 1 N–H and O–H groups in total. The van der Waals surface area contributed by atoms with Crippen LogP contribution in [0.4, 0.5) is 0 Å². The Morgan fingerprint density at radius 2 is 1.70 bits per heavy atom. The quantitative estimate of drug-likeness (QED) is 0.708. The van der Waals surface area contributed by atoms with Crippen molar-refractivity contribution in [2.75, 3.05) is 61.1 Å². The Morgan fingerprint density at radius 1 is 1.00 bits per heavy atom. The summed E-state index contributed by atoms with van der Waals surface area (Å²) < 4.78 is 18.3. The van der Waals surface area contributed by atoms with Crippen molar-refractivity contribution >= 4 is 5.91 Å². The average Bonchev–Trinajstić information content (AvgIpc) is 3.19. The lowest BCUT2D eigenvalue weighted by molar-refractivity contribution is 0.0874. The number of aromatic nitrogens is 1. The number of methoxy groups -OCH3 is 3. The second-order valence-electron chi connectivity index (χ2n) is 7.49. The molecule has 3 rings (SSSR count). The molecule has 30 heavy (non-hydrogen) atoms. The highest BCUT2D eigenvalue weighted by atomic mass is 16.5. The first-order valence-corrected chi connectivity index (χ1v) is 10.1. The van der Waals surface area contributed by atoms with E-state index in [1.807, 2.05) is 19.3 Å². The number of likely N-dealkylation sites (N-methyl/N-ethyl adjacent to an activating group) is 1. The number of nitrogens with zero attached hydrogens (tertiary/aromatic N) is 3. The summed E-state index contributed by atoms with van der Waals surface area (Å²) in [6, 6.07) is 7.66. The second-order valence-corrected chi connectivity index (χ2v) is 7.49. The number of carbonyl (C=O) groups is 1. The molecule has 1 atom stereocenters. The highest BCUT2D eigenvalue weighted by Crippen LogP contribution is 2.39. The van der Waals surface area contributed by atoms with Crippen LogP contribution in [0.5, 0.6) is 17.2 Å². The van der Waals surface area contributed by atoms with Gasteiger partial charge < -0.3 is 29.0 Å². The molecule has 1 aliphatic heterocycles. The summed E-state index contributed by atoms with van der Waals surface area (Å²) in [5.41, 5.74) is 1.60. The minimum absolute atomic E-state index is 0.0915. The number of piperazine rings is 1. The van der Waals surface area contributed by atoms with E-state index < -0.39 is 0 Å². The Kier molecular flexibility index (Phi) is 7.23. The summed E-state index contributed by atoms with van der Waals surface area (Å²) in [5.74, 6) is 1.08.